The number of carbonyl (C=O) groups is 1. The zero-order valence-electron chi connectivity index (χ0n) is 8.90. The molecule has 1 aromatic carbocycles. The molecule has 0 radical (unpaired) electrons. The summed E-state index contributed by atoms with van der Waals surface area (Å²) in [4.78, 5) is 10.3. The van der Waals surface area contributed by atoms with Crippen LogP contribution in [-0.4, -0.2) is 29.7 Å². The monoisotopic (exact) mass is 244 g/mol. The Kier molecular flexibility index (Phi) is 5.11. The van der Waals surface area contributed by atoms with Gasteiger partial charge in [0, 0.05) is 0 Å². The Hall–Kier alpha value is -1.23. The molecule has 0 aliphatic heterocycles. The molecule has 0 aliphatic carbocycles. The van der Waals surface area contributed by atoms with Gasteiger partial charge in [-0.2, -0.15) is 0 Å². The van der Waals surface area contributed by atoms with E-state index in [4.69, 9.17) is 9.84 Å². The van der Waals surface area contributed by atoms with E-state index in [9.17, 15) is 9.18 Å². The zero-order chi connectivity index (χ0) is 12.0. The molecule has 0 unspecified atom stereocenters. The third-order valence-corrected chi connectivity index (χ3v) is 2.93. The summed E-state index contributed by atoms with van der Waals surface area (Å²) < 4.78 is 18.1. The van der Waals surface area contributed by atoms with Crippen molar-refractivity contribution in [3.8, 4) is 5.75 Å². The van der Waals surface area contributed by atoms with Gasteiger partial charge in [0.2, 0.25) is 0 Å². The van der Waals surface area contributed by atoms with Crippen LogP contribution in [0.5, 0.6) is 5.75 Å². The maximum Gasteiger partial charge on any atom is 0.313 e. The zero-order valence-corrected chi connectivity index (χ0v) is 9.72. The third-order valence-electron chi connectivity index (χ3n) is 1.98. The van der Waals surface area contributed by atoms with E-state index in [0.29, 0.717) is 17.9 Å². The minimum atomic E-state index is -0.837. The standard InChI is InChI=1S/C11H13FO3S/c1-15-10-3-2-9(12)6-8(10)4-5-16-7-11(13)14/h2-3,6H,4-5,7H2,1H3,(H,13,14). The van der Waals surface area contributed by atoms with Crippen molar-refractivity contribution in [2.75, 3.05) is 18.6 Å². The summed E-state index contributed by atoms with van der Waals surface area (Å²) >= 11 is 1.30. The van der Waals surface area contributed by atoms with Crippen LogP contribution in [-0.2, 0) is 11.2 Å². The number of carboxylic acids is 1. The van der Waals surface area contributed by atoms with Crippen LogP contribution >= 0.6 is 11.8 Å². The van der Waals surface area contributed by atoms with E-state index >= 15 is 0 Å². The fourth-order valence-corrected chi connectivity index (χ4v) is 1.97. The quantitative estimate of drug-likeness (QED) is 0.779. The van der Waals surface area contributed by atoms with Gasteiger partial charge in [0.05, 0.1) is 12.9 Å². The second-order valence-corrected chi connectivity index (χ2v) is 4.26. The van der Waals surface area contributed by atoms with Crippen molar-refractivity contribution >= 4 is 17.7 Å². The highest BCUT2D eigenvalue weighted by Gasteiger charge is 2.05. The summed E-state index contributed by atoms with van der Waals surface area (Å²) in [5, 5.41) is 8.45. The molecule has 0 aliphatic rings. The van der Waals surface area contributed by atoms with E-state index < -0.39 is 5.97 Å². The molecule has 1 N–H and O–H groups in total. The summed E-state index contributed by atoms with van der Waals surface area (Å²) in [6, 6.07) is 4.33. The van der Waals surface area contributed by atoms with Gasteiger partial charge in [-0.05, 0) is 35.9 Å². The molecule has 1 rings (SSSR count). The number of hydrogen-bond donors (Lipinski definition) is 1. The lowest BCUT2D eigenvalue weighted by atomic mass is 10.1. The van der Waals surface area contributed by atoms with Crippen molar-refractivity contribution in [1.82, 2.24) is 0 Å². The molecule has 1 aromatic rings. The van der Waals surface area contributed by atoms with Gasteiger partial charge >= 0.3 is 5.97 Å². The van der Waals surface area contributed by atoms with Crippen molar-refractivity contribution in [3.05, 3.63) is 29.6 Å². The molecule has 0 spiro atoms. The molecule has 0 saturated heterocycles. The van der Waals surface area contributed by atoms with Gasteiger partial charge in [0.25, 0.3) is 0 Å². The topological polar surface area (TPSA) is 46.5 Å². The van der Waals surface area contributed by atoms with E-state index in [-0.39, 0.29) is 11.6 Å². The van der Waals surface area contributed by atoms with E-state index in [0.717, 1.165) is 5.56 Å². The Morgan fingerprint density at radius 2 is 2.31 bits per heavy atom. The van der Waals surface area contributed by atoms with Crippen molar-refractivity contribution in [2.24, 2.45) is 0 Å². The normalized spacial score (nSPS) is 10.1. The van der Waals surface area contributed by atoms with E-state index in [1.54, 1.807) is 6.07 Å². The second kappa shape index (κ2) is 6.37. The van der Waals surface area contributed by atoms with E-state index in [1.807, 2.05) is 0 Å². The number of aryl methyl sites for hydroxylation is 1. The first-order valence-corrected chi connectivity index (χ1v) is 5.91. The largest absolute Gasteiger partial charge is 0.496 e. The molecule has 0 atom stereocenters. The lowest BCUT2D eigenvalue weighted by Gasteiger charge is -2.07. The van der Waals surface area contributed by atoms with Gasteiger partial charge in [-0.25, -0.2) is 4.39 Å². The number of methoxy groups -OCH3 is 1. The van der Waals surface area contributed by atoms with Crippen molar-refractivity contribution in [2.45, 2.75) is 6.42 Å². The minimum Gasteiger partial charge on any atom is -0.496 e. The molecular weight excluding hydrogens is 231 g/mol. The third kappa shape index (κ3) is 4.10. The van der Waals surface area contributed by atoms with Crippen LogP contribution in [0.25, 0.3) is 0 Å². The first-order valence-electron chi connectivity index (χ1n) is 4.75. The lowest BCUT2D eigenvalue weighted by Crippen LogP contribution is -2.01. The molecule has 0 heterocycles. The predicted molar refractivity (Wildman–Crippen MR) is 61.6 cm³/mol. The average Bonchev–Trinajstić information content (AvgIpc) is 2.24. The summed E-state index contributed by atoms with van der Waals surface area (Å²) in [6.45, 7) is 0. The molecule has 0 amide bonds. The molecule has 0 aromatic heterocycles. The maximum atomic E-state index is 13.0. The number of rotatable bonds is 6. The summed E-state index contributed by atoms with van der Waals surface area (Å²) in [6.07, 6.45) is 0.596. The number of thioether (sulfide) groups is 1. The Labute approximate surface area is 97.6 Å². The van der Waals surface area contributed by atoms with Gasteiger partial charge in [0.1, 0.15) is 11.6 Å². The Balaban J connectivity index is 2.51. The molecule has 0 bridgehead atoms. The Morgan fingerprint density at radius 3 is 2.94 bits per heavy atom. The SMILES string of the molecule is COc1ccc(F)cc1CCSCC(=O)O. The first-order chi connectivity index (χ1) is 7.63. The number of aliphatic carboxylic acids is 1. The number of carboxylic acid groups (broad SMARTS) is 1. The molecule has 0 saturated carbocycles. The highest BCUT2D eigenvalue weighted by Crippen LogP contribution is 2.21. The van der Waals surface area contributed by atoms with Gasteiger partial charge in [-0.15, -0.1) is 11.8 Å². The van der Waals surface area contributed by atoms with Gasteiger partial charge in [-0.1, -0.05) is 0 Å². The van der Waals surface area contributed by atoms with Gasteiger partial charge < -0.3 is 9.84 Å². The fourth-order valence-electron chi connectivity index (χ4n) is 1.28. The predicted octanol–water partition coefficient (Wildman–Crippen LogP) is 2.19. The van der Waals surface area contributed by atoms with E-state index in [2.05, 4.69) is 0 Å². The maximum absolute atomic E-state index is 13.0. The van der Waals surface area contributed by atoms with Crippen molar-refractivity contribution in [3.63, 3.8) is 0 Å². The molecule has 0 fully saturated rings. The Morgan fingerprint density at radius 1 is 1.56 bits per heavy atom. The molecule has 3 nitrogen and oxygen atoms in total. The molecule has 5 heteroatoms. The van der Waals surface area contributed by atoms with Crippen LogP contribution in [0.15, 0.2) is 18.2 Å². The molecule has 88 valence electrons. The van der Waals surface area contributed by atoms with Crippen molar-refractivity contribution in [1.29, 1.82) is 0 Å². The highest BCUT2D eigenvalue weighted by molar-refractivity contribution is 7.99. The smallest absolute Gasteiger partial charge is 0.313 e. The fraction of sp³-hybridized carbons (Fsp3) is 0.364. The van der Waals surface area contributed by atoms with Crippen LogP contribution in [0.3, 0.4) is 0 Å². The first kappa shape index (κ1) is 12.8. The van der Waals surface area contributed by atoms with Crippen LogP contribution in [0, 0.1) is 5.82 Å². The molecule has 16 heavy (non-hydrogen) atoms. The van der Waals surface area contributed by atoms with Crippen LogP contribution in [0.1, 0.15) is 5.56 Å². The average molecular weight is 244 g/mol. The summed E-state index contributed by atoms with van der Waals surface area (Å²) in [5.41, 5.74) is 0.764. The lowest BCUT2D eigenvalue weighted by molar-refractivity contribution is -0.133. The van der Waals surface area contributed by atoms with Crippen LogP contribution in [0.2, 0.25) is 0 Å². The van der Waals surface area contributed by atoms with E-state index in [1.165, 1.54) is 31.0 Å². The summed E-state index contributed by atoms with van der Waals surface area (Å²) in [5.74, 6) is 0.191. The van der Waals surface area contributed by atoms with Crippen LogP contribution < -0.4 is 4.74 Å². The van der Waals surface area contributed by atoms with Crippen molar-refractivity contribution < 1.29 is 19.0 Å². The van der Waals surface area contributed by atoms with Gasteiger partial charge in [0.15, 0.2) is 0 Å². The number of ether oxygens (including phenoxy) is 1. The van der Waals surface area contributed by atoms with Gasteiger partial charge in [-0.3, -0.25) is 4.79 Å². The second-order valence-electron chi connectivity index (χ2n) is 3.15. The number of halogens is 1. The minimum absolute atomic E-state index is 0.0671. The number of benzene rings is 1. The highest BCUT2D eigenvalue weighted by atomic mass is 32.2. The summed E-state index contributed by atoms with van der Waals surface area (Å²) in [7, 11) is 1.53. The Bertz CT molecular complexity index is 368. The van der Waals surface area contributed by atoms with Crippen LogP contribution in [0.4, 0.5) is 4.39 Å². The molecular formula is C11H13FO3S. The number of hydrogen-bond acceptors (Lipinski definition) is 3.